The highest BCUT2D eigenvalue weighted by atomic mass is 15.4. The zero-order valence-corrected chi connectivity index (χ0v) is 13.5. The van der Waals surface area contributed by atoms with Crippen molar-refractivity contribution >= 4 is 0 Å². The van der Waals surface area contributed by atoms with Crippen molar-refractivity contribution in [3.63, 3.8) is 0 Å². The van der Waals surface area contributed by atoms with Gasteiger partial charge in [0.15, 0.2) is 0 Å². The lowest BCUT2D eigenvalue weighted by atomic mass is 10.2. The molecule has 0 aromatic carbocycles. The molecule has 0 saturated carbocycles. The van der Waals surface area contributed by atoms with Gasteiger partial charge in [-0.1, -0.05) is 20.8 Å². The maximum absolute atomic E-state index is 4.63. The highest BCUT2D eigenvalue weighted by Crippen LogP contribution is 2.12. The Kier molecular flexibility index (Phi) is 5.44. The minimum absolute atomic E-state index is 0.670. The fourth-order valence-electron chi connectivity index (χ4n) is 2.23. The average Bonchev–Trinajstić information content (AvgIpc) is 2.92. The van der Waals surface area contributed by atoms with Gasteiger partial charge in [-0.25, -0.2) is 14.6 Å². The summed E-state index contributed by atoms with van der Waals surface area (Å²) in [6, 6.07) is 2.13. The van der Waals surface area contributed by atoms with E-state index in [9.17, 15) is 0 Å². The predicted molar refractivity (Wildman–Crippen MR) is 84.6 cm³/mol. The Labute approximate surface area is 126 Å². The third-order valence-electron chi connectivity index (χ3n) is 3.56. The zero-order chi connectivity index (χ0) is 15.2. The van der Waals surface area contributed by atoms with E-state index in [0.29, 0.717) is 5.95 Å². The fraction of sp³-hybridized carbons (Fsp3) is 0.562. The van der Waals surface area contributed by atoms with Crippen LogP contribution in [0.25, 0.3) is 5.95 Å². The Bertz CT molecular complexity index is 588. The molecule has 0 aliphatic carbocycles. The summed E-state index contributed by atoms with van der Waals surface area (Å²) in [5.74, 6) is 0.670. The van der Waals surface area contributed by atoms with Crippen molar-refractivity contribution in [3.8, 4) is 5.95 Å². The molecule has 0 fully saturated rings. The second kappa shape index (κ2) is 7.31. The molecule has 1 N–H and O–H groups in total. The number of hydrogen-bond acceptors (Lipinski definition) is 4. The van der Waals surface area contributed by atoms with Crippen LogP contribution < -0.4 is 5.32 Å². The first-order valence-electron chi connectivity index (χ1n) is 7.80. The summed E-state index contributed by atoms with van der Waals surface area (Å²) in [7, 11) is 0. The predicted octanol–water partition coefficient (Wildman–Crippen LogP) is 2.60. The van der Waals surface area contributed by atoms with E-state index in [0.717, 1.165) is 55.0 Å². The molecule has 5 nitrogen and oxygen atoms in total. The van der Waals surface area contributed by atoms with Crippen LogP contribution in [0.15, 0.2) is 12.3 Å². The lowest BCUT2D eigenvalue weighted by Gasteiger charge is -2.09. The first-order valence-corrected chi connectivity index (χ1v) is 7.80. The van der Waals surface area contributed by atoms with Gasteiger partial charge in [0.1, 0.15) is 0 Å². The Hall–Kier alpha value is -1.75. The highest BCUT2D eigenvalue weighted by Gasteiger charge is 2.11. The summed E-state index contributed by atoms with van der Waals surface area (Å²) in [6.45, 7) is 10.3. The number of nitrogens with zero attached hydrogens (tertiary/aromatic N) is 4. The lowest BCUT2D eigenvalue weighted by Crippen LogP contribution is -2.16. The molecule has 21 heavy (non-hydrogen) atoms. The van der Waals surface area contributed by atoms with Gasteiger partial charge in [-0.05, 0) is 38.8 Å². The fourth-order valence-corrected chi connectivity index (χ4v) is 2.23. The molecule has 0 saturated heterocycles. The molecule has 2 rings (SSSR count). The molecular weight excluding hydrogens is 262 g/mol. The number of aryl methyl sites for hydroxylation is 3. The van der Waals surface area contributed by atoms with Crippen molar-refractivity contribution < 1.29 is 0 Å². The van der Waals surface area contributed by atoms with Gasteiger partial charge >= 0.3 is 0 Å². The standard InChI is InChI=1S/C16H25N5/c1-5-8-17-10-13-11-18-16(19-12(13)4)21-15(7-3)9-14(6-2)20-21/h9,11,17H,5-8,10H2,1-4H3. The van der Waals surface area contributed by atoms with Crippen molar-refractivity contribution in [1.82, 2.24) is 25.1 Å². The minimum atomic E-state index is 0.670. The molecule has 0 bridgehead atoms. The summed E-state index contributed by atoms with van der Waals surface area (Å²) in [5, 5.41) is 7.98. The number of hydrogen-bond donors (Lipinski definition) is 1. The normalized spacial score (nSPS) is 11.0. The van der Waals surface area contributed by atoms with Gasteiger partial charge in [0.05, 0.1) is 5.69 Å². The lowest BCUT2D eigenvalue weighted by molar-refractivity contribution is 0.664. The third kappa shape index (κ3) is 3.67. The van der Waals surface area contributed by atoms with Crippen LogP contribution in [0.2, 0.25) is 0 Å². The molecule has 2 aromatic rings. The van der Waals surface area contributed by atoms with E-state index in [1.807, 2.05) is 17.8 Å². The number of aromatic nitrogens is 4. The van der Waals surface area contributed by atoms with Crippen molar-refractivity contribution in [2.45, 2.75) is 53.5 Å². The second-order valence-corrected chi connectivity index (χ2v) is 5.20. The number of nitrogens with one attached hydrogen (secondary N) is 1. The summed E-state index contributed by atoms with van der Waals surface area (Å²) in [5.41, 5.74) is 4.40. The molecule has 5 heteroatoms. The van der Waals surface area contributed by atoms with E-state index in [-0.39, 0.29) is 0 Å². The summed E-state index contributed by atoms with van der Waals surface area (Å²) in [4.78, 5) is 9.12. The van der Waals surface area contributed by atoms with Gasteiger partial charge in [0, 0.05) is 29.7 Å². The largest absolute Gasteiger partial charge is 0.313 e. The second-order valence-electron chi connectivity index (χ2n) is 5.20. The van der Waals surface area contributed by atoms with Crippen molar-refractivity contribution in [2.75, 3.05) is 6.54 Å². The minimum Gasteiger partial charge on any atom is -0.313 e. The van der Waals surface area contributed by atoms with Crippen LogP contribution in [0.4, 0.5) is 0 Å². The Morgan fingerprint density at radius 2 is 2.00 bits per heavy atom. The maximum atomic E-state index is 4.63. The highest BCUT2D eigenvalue weighted by molar-refractivity contribution is 5.25. The van der Waals surface area contributed by atoms with Crippen molar-refractivity contribution in [3.05, 3.63) is 34.9 Å². The molecule has 2 heterocycles. The van der Waals surface area contributed by atoms with Crippen molar-refractivity contribution in [2.24, 2.45) is 0 Å². The van der Waals surface area contributed by atoms with Crippen LogP contribution in [-0.2, 0) is 19.4 Å². The van der Waals surface area contributed by atoms with Gasteiger partial charge in [-0.2, -0.15) is 5.10 Å². The molecular formula is C16H25N5. The van der Waals surface area contributed by atoms with E-state index in [1.54, 1.807) is 0 Å². The molecule has 0 amide bonds. The molecule has 2 aromatic heterocycles. The van der Waals surface area contributed by atoms with E-state index < -0.39 is 0 Å². The van der Waals surface area contributed by atoms with Crippen LogP contribution in [0, 0.1) is 6.92 Å². The van der Waals surface area contributed by atoms with E-state index >= 15 is 0 Å². The summed E-state index contributed by atoms with van der Waals surface area (Å²) in [6.07, 6.45) is 4.89. The number of rotatable bonds is 7. The Morgan fingerprint density at radius 3 is 2.62 bits per heavy atom. The quantitative estimate of drug-likeness (QED) is 0.795. The van der Waals surface area contributed by atoms with Gasteiger partial charge < -0.3 is 5.32 Å². The third-order valence-corrected chi connectivity index (χ3v) is 3.56. The summed E-state index contributed by atoms with van der Waals surface area (Å²) < 4.78 is 1.87. The van der Waals surface area contributed by atoms with Gasteiger partial charge in [-0.3, -0.25) is 0 Å². The summed E-state index contributed by atoms with van der Waals surface area (Å²) >= 11 is 0. The van der Waals surface area contributed by atoms with Crippen LogP contribution >= 0.6 is 0 Å². The van der Waals surface area contributed by atoms with Gasteiger partial charge in [0.2, 0.25) is 0 Å². The Morgan fingerprint density at radius 1 is 1.19 bits per heavy atom. The van der Waals surface area contributed by atoms with Crippen molar-refractivity contribution in [1.29, 1.82) is 0 Å². The molecule has 0 radical (unpaired) electrons. The van der Waals surface area contributed by atoms with E-state index in [4.69, 9.17) is 0 Å². The molecule has 0 spiro atoms. The van der Waals surface area contributed by atoms with Gasteiger partial charge in [0.25, 0.3) is 5.95 Å². The van der Waals surface area contributed by atoms with Crippen LogP contribution in [0.1, 0.15) is 49.8 Å². The average molecular weight is 287 g/mol. The smallest absolute Gasteiger partial charge is 0.250 e. The zero-order valence-electron chi connectivity index (χ0n) is 13.5. The van der Waals surface area contributed by atoms with Crippen LogP contribution in [0.3, 0.4) is 0 Å². The van der Waals surface area contributed by atoms with Gasteiger partial charge in [-0.15, -0.1) is 0 Å². The SMILES string of the molecule is CCCNCc1cnc(-n2nc(CC)cc2CC)nc1C. The molecule has 0 aliphatic heterocycles. The first kappa shape index (κ1) is 15.6. The molecule has 0 aliphatic rings. The molecule has 114 valence electrons. The Balaban J connectivity index is 2.25. The van der Waals surface area contributed by atoms with E-state index in [2.05, 4.69) is 47.2 Å². The van der Waals surface area contributed by atoms with E-state index in [1.165, 1.54) is 0 Å². The van der Waals surface area contributed by atoms with Crippen LogP contribution in [0.5, 0.6) is 0 Å². The molecule has 0 unspecified atom stereocenters. The first-order chi connectivity index (χ1) is 10.2. The molecule has 0 atom stereocenters. The monoisotopic (exact) mass is 287 g/mol. The maximum Gasteiger partial charge on any atom is 0.250 e. The van der Waals surface area contributed by atoms with Crippen LogP contribution in [-0.4, -0.2) is 26.3 Å². The topological polar surface area (TPSA) is 55.6 Å².